The van der Waals surface area contributed by atoms with E-state index in [9.17, 15) is 18.0 Å². The van der Waals surface area contributed by atoms with Crippen molar-refractivity contribution in [1.82, 2.24) is 14.5 Å². The molecule has 3 heterocycles. The van der Waals surface area contributed by atoms with Gasteiger partial charge in [-0.3, -0.25) is 14.3 Å². The summed E-state index contributed by atoms with van der Waals surface area (Å²) in [6.45, 7) is 0.694. The summed E-state index contributed by atoms with van der Waals surface area (Å²) in [6, 6.07) is 12.2. The van der Waals surface area contributed by atoms with Crippen LogP contribution in [0, 0.1) is 4.77 Å². The molecule has 7 nitrogen and oxygen atoms in total. The van der Waals surface area contributed by atoms with E-state index in [1.807, 2.05) is 0 Å². The number of nitrogens with one attached hydrogen (secondary N) is 1. The molecular weight excluding hydrogens is 471 g/mol. The highest BCUT2D eigenvalue weighted by molar-refractivity contribution is 7.71. The molecule has 0 spiro atoms. The summed E-state index contributed by atoms with van der Waals surface area (Å²) in [4.78, 5) is 19.5. The third kappa shape index (κ3) is 3.67. The number of hydrogen-bond donors (Lipinski definition) is 1. The van der Waals surface area contributed by atoms with E-state index in [0.717, 1.165) is 6.07 Å². The molecule has 5 rings (SSSR count). The van der Waals surface area contributed by atoms with Gasteiger partial charge in [0.15, 0.2) is 21.9 Å². The number of ether oxygens (including phenoxy) is 3. The molecule has 0 amide bonds. The van der Waals surface area contributed by atoms with Crippen LogP contribution in [0.15, 0.2) is 53.3 Å². The lowest BCUT2D eigenvalue weighted by Gasteiger charge is -2.20. The molecule has 174 valence electrons. The fourth-order valence-electron chi connectivity index (χ4n) is 3.84. The maximum absolute atomic E-state index is 14.2. The van der Waals surface area contributed by atoms with E-state index in [0.29, 0.717) is 41.7 Å². The van der Waals surface area contributed by atoms with Gasteiger partial charge in [0.05, 0.1) is 29.4 Å². The minimum atomic E-state index is -4.83. The van der Waals surface area contributed by atoms with E-state index in [2.05, 4.69) is 9.97 Å². The maximum atomic E-state index is 14.2. The van der Waals surface area contributed by atoms with Gasteiger partial charge in [0.1, 0.15) is 19.0 Å². The molecule has 11 heteroatoms. The maximum Gasteiger partial charge on any atom is 0.417 e. The smallest absolute Gasteiger partial charge is 0.417 e. The number of methoxy groups -OCH3 is 1. The summed E-state index contributed by atoms with van der Waals surface area (Å²) in [7, 11) is 1.42. The standard InChI is InChI=1S/C23H16F3N3O4S/c1-31-16-5-3-2-4-15(16)29-20-19(21(30)28-22(29)34)13(23(24,25)26)11-14(27-20)12-6-7-17-18(10-12)33-9-8-32-17/h2-7,10-11H,8-9H2,1H3,(H,28,30,34). The molecular formula is C23H16F3N3O4S. The van der Waals surface area contributed by atoms with Crippen molar-refractivity contribution in [2.75, 3.05) is 20.3 Å². The highest BCUT2D eigenvalue weighted by Gasteiger charge is 2.36. The number of aromatic amines is 1. The van der Waals surface area contributed by atoms with Gasteiger partial charge in [-0.1, -0.05) is 12.1 Å². The van der Waals surface area contributed by atoms with E-state index < -0.39 is 22.7 Å². The Morgan fingerprint density at radius 1 is 1.09 bits per heavy atom. The number of hydrogen-bond acceptors (Lipinski definition) is 6. The molecule has 1 N–H and O–H groups in total. The molecule has 0 saturated carbocycles. The summed E-state index contributed by atoms with van der Waals surface area (Å²) in [5.74, 6) is 1.22. The molecule has 0 saturated heterocycles. The lowest BCUT2D eigenvalue weighted by Crippen LogP contribution is -2.20. The molecule has 0 atom stereocenters. The predicted molar refractivity (Wildman–Crippen MR) is 121 cm³/mol. The first-order chi connectivity index (χ1) is 16.3. The van der Waals surface area contributed by atoms with Crippen LogP contribution in [0.2, 0.25) is 0 Å². The quantitative estimate of drug-likeness (QED) is 0.414. The molecule has 0 radical (unpaired) electrons. The van der Waals surface area contributed by atoms with Crippen LogP contribution in [0.4, 0.5) is 13.2 Å². The second-order valence-corrected chi connectivity index (χ2v) is 7.76. The normalized spacial score (nSPS) is 13.2. The van der Waals surface area contributed by atoms with Crippen molar-refractivity contribution in [1.29, 1.82) is 0 Å². The Morgan fingerprint density at radius 2 is 1.82 bits per heavy atom. The van der Waals surface area contributed by atoms with Gasteiger partial charge < -0.3 is 14.2 Å². The van der Waals surface area contributed by atoms with Crippen molar-refractivity contribution in [2.24, 2.45) is 0 Å². The first-order valence-corrected chi connectivity index (χ1v) is 10.5. The van der Waals surface area contributed by atoms with Crippen LogP contribution in [-0.2, 0) is 6.18 Å². The molecule has 0 fully saturated rings. The van der Waals surface area contributed by atoms with E-state index in [-0.39, 0.29) is 16.1 Å². The van der Waals surface area contributed by atoms with Crippen LogP contribution in [0.1, 0.15) is 5.56 Å². The van der Waals surface area contributed by atoms with Crippen molar-refractivity contribution in [2.45, 2.75) is 6.18 Å². The Labute approximate surface area is 195 Å². The third-order valence-electron chi connectivity index (χ3n) is 5.33. The molecule has 2 aromatic heterocycles. The van der Waals surface area contributed by atoms with E-state index >= 15 is 0 Å². The van der Waals surface area contributed by atoms with Crippen molar-refractivity contribution >= 4 is 23.3 Å². The Bertz CT molecular complexity index is 1550. The fraction of sp³-hybridized carbons (Fsp3) is 0.174. The molecule has 0 unspecified atom stereocenters. The minimum Gasteiger partial charge on any atom is -0.495 e. The number of nitrogens with zero attached hydrogens (tertiary/aromatic N) is 2. The van der Waals surface area contributed by atoms with Crippen LogP contribution in [-0.4, -0.2) is 34.9 Å². The topological polar surface area (TPSA) is 78.4 Å². The molecule has 0 aliphatic carbocycles. The van der Waals surface area contributed by atoms with Crippen molar-refractivity contribution in [3.8, 4) is 34.2 Å². The third-order valence-corrected chi connectivity index (χ3v) is 5.62. The number of pyridine rings is 1. The van der Waals surface area contributed by atoms with E-state index in [1.165, 1.54) is 11.7 Å². The highest BCUT2D eigenvalue weighted by atomic mass is 32.1. The van der Waals surface area contributed by atoms with Crippen LogP contribution < -0.4 is 19.8 Å². The monoisotopic (exact) mass is 487 g/mol. The average Bonchev–Trinajstić information content (AvgIpc) is 2.82. The molecule has 2 aromatic carbocycles. The number of fused-ring (bicyclic) bond motifs is 2. The lowest BCUT2D eigenvalue weighted by atomic mass is 10.1. The Morgan fingerprint density at radius 3 is 2.56 bits per heavy atom. The van der Waals surface area contributed by atoms with Crippen molar-refractivity contribution < 1.29 is 27.4 Å². The molecule has 1 aliphatic rings. The molecule has 0 bridgehead atoms. The summed E-state index contributed by atoms with van der Waals surface area (Å²) in [5, 5.41) is -0.631. The highest BCUT2D eigenvalue weighted by Crippen LogP contribution is 2.39. The first kappa shape index (κ1) is 22.0. The number of para-hydroxylation sites is 2. The zero-order chi connectivity index (χ0) is 24.0. The number of aromatic nitrogens is 3. The second-order valence-electron chi connectivity index (χ2n) is 7.38. The number of H-pyrrole nitrogens is 1. The largest absolute Gasteiger partial charge is 0.495 e. The number of benzene rings is 2. The molecule has 34 heavy (non-hydrogen) atoms. The Kier molecular flexibility index (Phi) is 5.28. The van der Waals surface area contributed by atoms with Gasteiger partial charge in [-0.25, -0.2) is 4.98 Å². The first-order valence-electron chi connectivity index (χ1n) is 10.1. The minimum absolute atomic E-state index is 0.0135. The lowest BCUT2D eigenvalue weighted by molar-refractivity contribution is -0.136. The van der Waals surface area contributed by atoms with Crippen molar-refractivity contribution in [3.63, 3.8) is 0 Å². The van der Waals surface area contributed by atoms with E-state index in [4.69, 9.17) is 26.4 Å². The summed E-state index contributed by atoms with van der Waals surface area (Å²) in [5.41, 5.74) is -1.70. The van der Waals surface area contributed by atoms with Crippen LogP contribution in [0.3, 0.4) is 0 Å². The van der Waals surface area contributed by atoms with Gasteiger partial charge in [0.2, 0.25) is 0 Å². The van der Waals surface area contributed by atoms with E-state index in [1.54, 1.807) is 42.5 Å². The van der Waals surface area contributed by atoms with Gasteiger partial charge in [-0.15, -0.1) is 0 Å². The summed E-state index contributed by atoms with van der Waals surface area (Å²) >= 11 is 5.33. The van der Waals surface area contributed by atoms with Gasteiger partial charge in [0, 0.05) is 5.56 Å². The number of alkyl halides is 3. The fourth-order valence-corrected chi connectivity index (χ4v) is 4.12. The second kappa shape index (κ2) is 8.17. The zero-order valence-corrected chi connectivity index (χ0v) is 18.4. The molecule has 4 aromatic rings. The molecule has 1 aliphatic heterocycles. The van der Waals surface area contributed by atoms with Crippen molar-refractivity contribution in [3.05, 3.63) is 69.2 Å². The predicted octanol–water partition coefficient (Wildman–Crippen LogP) is 4.91. The SMILES string of the molecule is COc1ccccc1-n1c(=S)[nH]c(=O)c2c(C(F)(F)F)cc(-c3ccc4c(c3)OCCO4)nc21. The van der Waals surface area contributed by atoms with Gasteiger partial charge >= 0.3 is 6.18 Å². The van der Waals surface area contributed by atoms with Gasteiger partial charge in [0.25, 0.3) is 5.56 Å². The average molecular weight is 487 g/mol. The zero-order valence-electron chi connectivity index (χ0n) is 17.6. The van der Waals surface area contributed by atoms with Gasteiger partial charge in [-0.2, -0.15) is 13.2 Å². The van der Waals surface area contributed by atoms with Crippen LogP contribution in [0.25, 0.3) is 28.0 Å². The summed E-state index contributed by atoms with van der Waals surface area (Å²) < 4.78 is 60.1. The number of rotatable bonds is 3. The Balaban J connectivity index is 1.88. The Hall–Kier alpha value is -3.86. The van der Waals surface area contributed by atoms with Crippen LogP contribution in [0.5, 0.6) is 17.2 Å². The van der Waals surface area contributed by atoms with Crippen LogP contribution >= 0.6 is 12.2 Å². The summed E-state index contributed by atoms with van der Waals surface area (Å²) in [6.07, 6.45) is -4.83. The van der Waals surface area contributed by atoms with Gasteiger partial charge in [-0.05, 0) is 48.6 Å². The number of halogens is 3.